The van der Waals surface area contributed by atoms with Crippen molar-refractivity contribution in [3.63, 3.8) is 0 Å². The van der Waals surface area contributed by atoms with Gasteiger partial charge >= 0.3 is 6.18 Å². The molecular weight excluding hydrogens is 288 g/mol. The molecule has 0 radical (unpaired) electrons. The second kappa shape index (κ2) is 5.58. The van der Waals surface area contributed by atoms with Crippen molar-refractivity contribution >= 4 is 0 Å². The van der Waals surface area contributed by atoms with Crippen LogP contribution in [0.15, 0.2) is 36.7 Å². The van der Waals surface area contributed by atoms with Gasteiger partial charge in [-0.3, -0.25) is 0 Å². The van der Waals surface area contributed by atoms with Crippen LogP contribution in [0.3, 0.4) is 0 Å². The van der Waals surface area contributed by atoms with Crippen LogP contribution in [0.5, 0.6) is 0 Å². The second-order valence-corrected chi connectivity index (χ2v) is 4.48. The minimum atomic E-state index is -4.75. The summed E-state index contributed by atoms with van der Waals surface area (Å²) in [7, 11) is 0. The Morgan fingerprint density at radius 1 is 1.29 bits per heavy atom. The predicted octanol–water partition coefficient (Wildman–Crippen LogP) is 3.14. The molecule has 0 amide bonds. The van der Waals surface area contributed by atoms with Gasteiger partial charge in [0.05, 0.1) is 11.6 Å². The molecule has 0 spiro atoms. The fourth-order valence-corrected chi connectivity index (χ4v) is 1.87. The summed E-state index contributed by atoms with van der Waals surface area (Å²) in [5.74, 6) is -0.555. The van der Waals surface area contributed by atoms with Gasteiger partial charge in [0.15, 0.2) is 6.10 Å². The molecule has 1 aromatic carbocycles. The summed E-state index contributed by atoms with van der Waals surface area (Å²) < 4.78 is 52.0. The summed E-state index contributed by atoms with van der Waals surface area (Å²) in [5, 5.41) is 17.9. The van der Waals surface area contributed by atoms with Gasteiger partial charge in [-0.15, -0.1) is 0 Å². The van der Waals surface area contributed by atoms with E-state index in [1.807, 2.05) is 6.07 Å². The first-order valence-electron chi connectivity index (χ1n) is 5.90. The molecular formula is C14H10F4N2O. The van der Waals surface area contributed by atoms with Crippen LogP contribution in [0, 0.1) is 17.1 Å². The van der Waals surface area contributed by atoms with Crippen LogP contribution in [-0.4, -0.2) is 15.8 Å². The standard InChI is InChI=1S/C14H10F4N2O/c15-12-2-1-9(6-19)5-11(12)8-20-4-3-10(7-20)13(21)14(16,17)18/h1-5,7,13,21H,8H2. The minimum absolute atomic E-state index is 0.0358. The highest BCUT2D eigenvalue weighted by atomic mass is 19.4. The highest BCUT2D eigenvalue weighted by Crippen LogP contribution is 2.32. The summed E-state index contributed by atoms with van der Waals surface area (Å²) in [6.45, 7) is -0.0358. The van der Waals surface area contributed by atoms with Crippen LogP contribution in [0.25, 0.3) is 0 Å². The van der Waals surface area contributed by atoms with Crippen LogP contribution in [0.1, 0.15) is 22.8 Å². The number of aromatic nitrogens is 1. The first kappa shape index (κ1) is 15.1. The van der Waals surface area contributed by atoms with E-state index in [0.29, 0.717) is 0 Å². The zero-order chi connectivity index (χ0) is 15.6. The third kappa shape index (κ3) is 3.41. The van der Waals surface area contributed by atoms with Crippen molar-refractivity contribution in [3.05, 3.63) is 59.2 Å². The molecule has 3 nitrogen and oxygen atoms in total. The van der Waals surface area contributed by atoms with Gasteiger partial charge in [-0.25, -0.2) is 4.39 Å². The number of hydrogen-bond donors (Lipinski definition) is 1. The largest absolute Gasteiger partial charge is 0.418 e. The molecule has 1 atom stereocenters. The molecule has 0 aliphatic carbocycles. The maximum Gasteiger partial charge on any atom is 0.418 e. The molecule has 2 rings (SSSR count). The van der Waals surface area contributed by atoms with Gasteiger partial charge in [0.2, 0.25) is 0 Å². The van der Waals surface area contributed by atoms with Crippen LogP contribution >= 0.6 is 0 Å². The van der Waals surface area contributed by atoms with Crippen molar-refractivity contribution in [1.29, 1.82) is 5.26 Å². The van der Waals surface area contributed by atoms with Gasteiger partial charge in [-0.1, -0.05) is 0 Å². The fourth-order valence-electron chi connectivity index (χ4n) is 1.87. The monoisotopic (exact) mass is 298 g/mol. The normalized spacial score (nSPS) is 13.0. The lowest BCUT2D eigenvalue weighted by Gasteiger charge is -2.12. The number of alkyl halides is 3. The smallest absolute Gasteiger partial charge is 0.379 e. The van der Waals surface area contributed by atoms with E-state index in [9.17, 15) is 17.6 Å². The topological polar surface area (TPSA) is 49.0 Å². The molecule has 0 fully saturated rings. The molecule has 1 heterocycles. The molecule has 110 valence electrons. The average Bonchev–Trinajstić information content (AvgIpc) is 2.87. The Kier molecular flexibility index (Phi) is 4.00. The van der Waals surface area contributed by atoms with E-state index in [1.165, 1.54) is 22.9 Å². The maximum absolute atomic E-state index is 13.6. The number of benzene rings is 1. The van der Waals surface area contributed by atoms with Crippen molar-refractivity contribution in [1.82, 2.24) is 4.57 Å². The van der Waals surface area contributed by atoms with E-state index >= 15 is 0 Å². The zero-order valence-corrected chi connectivity index (χ0v) is 10.6. The lowest BCUT2D eigenvalue weighted by atomic mass is 10.1. The van der Waals surface area contributed by atoms with Crippen molar-refractivity contribution in [2.24, 2.45) is 0 Å². The van der Waals surface area contributed by atoms with Crippen LogP contribution < -0.4 is 0 Å². The Labute approximate surface area is 117 Å². The lowest BCUT2D eigenvalue weighted by molar-refractivity contribution is -0.206. The highest BCUT2D eigenvalue weighted by Gasteiger charge is 2.39. The summed E-state index contributed by atoms with van der Waals surface area (Å²) in [5.41, 5.74) is 0.117. The van der Waals surface area contributed by atoms with Crippen molar-refractivity contribution in [3.8, 4) is 6.07 Å². The van der Waals surface area contributed by atoms with E-state index in [-0.39, 0.29) is 23.2 Å². The van der Waals surface area contributed by atoms with Gasteiger partial charge < -0.3 is 9.67 Å². The maximum atomic E-state index is 13.6. The molecule has 0 bridgehead atoms. The lowest BCUT2D eigenvalue weighted by Crippen LogP contribution is -2.19. The number of aliphatic hydroxyl groups excluding tert-OH is 1. The number of aliphatic hydroxyl groups is 1. The fraction of sp³-hybridized carbons (Fsp3) is 0.214. The predicted molar refractivity (Wildman–Crippen MR) is 65.7 cm³/mol. The molecule has 0 saturated carbocycles. The molecule has 21 heavy (non-hydrogen) atoms. The van der Waals surface area contributed by atoms with Crippen LogP contribution in [0.4, 0.5) is 17.6 Å². The molecule has 1 N–H and O–H groups in total. The van der Waals surface area contributed by atoms with Gasteiger partial charge in [0.25, 0.3) is 0 Å². The second-order valence-electron chi connectivity index (χ2n) is 4.48. The van der Waals surface area contributed by atoms with Crippen molar-refractivity contribution in [2.45, 2.75) is 18.8 Å². The van der Waals surface area contributed by atoms with E-state index in [0.717, 1.165) is 18.3 Å². The van der Waals surface area contributed by atoms with Gasteiger partial charge in [-0.05, 0) is 24.3 Å². The molecule has 0 aliphatic rings. The summed E-state index contributed by atoms with van der Waals surface area (Å²) in [6, 6.07) is 6.74. The van der Waals surface area contributed by atoms with E-state index in [2.05, 4.69) is 0 Å². The van der Waals surface area contributed by atoms with Gasteiger partial charge in [0, 0.05) is 30.1 Å². The number of halogens is 4. The molecule has 7 heteroatoms. The van der Waals surface area contributed by atoms with E-state index in [4.69, 9.17) is 10.4 Å². The first-order valence-corrected chi connectivity index (χ1v) is 5.90. The Balaban J connectivity index is 2.22. The Morgan fingerprint density at radius 2 is 2.00 bits per heavy atom. The number of rotatable bonds is 3. The number of nitriles is 1. The molecule has 0 saturated heterocycles. The Hall–Kier alpha value is -2.33. The SMILES string of the molecule is N#Cc1ccc(F)c(Cn2ccc(C(O)C(F)(F)F)c2)c1. The molecule has 1 unspecified atom stereocenters. The average molecular weight is 298 g/mol. The Morgan fingerprint density at radius 3 is 2.62 bits per heavy atom. The minimum Gasteiger partial charge on any atom is -0.379 e. The summed E-state index contributed by atoms with van der Waals surface area (Å²) in [4.78, 5) is 0. The zero-order valence-electron chi connectivity index (χ0n) is 10.6. The molecule has 2 aromatic rings. The van der Waals surface area contributed by atoms with Crippen LogP contribution in [-0.2, 0) is 6.54 Å². The van der Waals surface area contributed by atoms with Gasteiger partial charge in [-0.2, -0.15) is 18.4 Å². The number of nitrogens with zero attached hydrogens (tertiary/aromatic N) is 2. The number of hydrogen-bond acceptors (Lipinski definition) is 2. The van der Waals surface area contributed by atoms with Gasteiger partial charge in [0.1, 0.15) is 5.82 Å². The van der Waals surface area contributed by atoms with Crippen molar-refractivity contribution in [2.75, 3.05) is 0 Å². The quantitative estimate of drug-likeness (QED) is 0.885. The molecule has 0 aliphatic heterocycles. The van der Waals surface area contributed by atoms with E-state index < -0.39 is 18.1 Å². The third-order valence-corrected chi connectivity index (χ3v) is 2.93. The summed E-state index contributed by atoms with van der Waals surface area (Å²) >= 11 is 0. The summed E-state index contributed by atoms with van der Waals surface area (Å²) in [6.07, 6.45) is -4.92. The molecule has 1 aromatic heterocycles. The first-order chi connectivity index (χ1) is 9.81. The highest BCUT2D eigenvalue weighted by molar-refractivity contribution is 5.34. The Bertz CT molecular complexity index is 685. The third-order valence-electron chi connectivity index (χ3n) is 2.93. The van der Waals surface area contributed by atoms with Crippen LogP contribution in [0.2, 0.25) is 0 Å². The van der Waals surface area contributed by atoms with E-state index in [1.54, 1.807) is 0 Å². The van der Waals surface area contributed by atoms with Crippen molar-refractivity contribution < 1.29 is 22.7 Å².